The molecule has 0 saturated carbocycles. The number of piperazine rings is 1. The third-order valence-electron chi connectivity index (χ3n) is 5.88. The van der Waals surface area contributed by atoms with Gasteiger partial charge < -0.3 is 15.3 Å². The first kappa shape index (κ1) is 22.7. The average Bonchev–Trinajstić information content (AvgIpc) is 2.83. The molecule has 33 heavy (non-hydrogen) atoms. The molecule has 0 aliphatic carbocycles. The molecule has 7 heteroatoms. The summed E-state index contributed by atoms with van der Waals surface area (Å²) < 4.78 is 14.7. The van der Waals surface area contributed by atoms with E-state index in [0.29, 0.717) is 29.8 Å². The maximum atomic E-state index is 14.7. The van der Waals surface area contributed by atoms with Gasteiger partial charge in [-0.1, -0.05) is 19.1 Å². The molecular weight excluding hydrogens is 419 g/mol. The zero-order valence-electron chi connectivity index (χ0n) is 18.8. The van der Waals surface area contributed by atoms with Gasteiger partial charge in [-0.05, 0) is 48.4 Å². The lowest BCUT2D eigenvalue weighted by atomic mass is 10.0. The Morgan fingerprint density at radius 1 is 1.06 bits per heavy atom. The van der Waals surface area contributed by atoms with Crippen molar-refractivity contribution in [3.05, 3.63) is 77.9 Å². The van der Waals surface area contributed by atoms with Gasteiger partial charge in [-0.15, -0.1) is 0 Å². The summed E-state index contributed by atoms with van der Waals surface area (Å²) in [6.07, 6.45) is 3.79. The van der Waals surface area contributed by atoms with Crippen molar-refractivity contribution >= 4 is 11.6 Å². The lowest BCUT2D eigenvalue weighted by Crippen LogP contribution is -2.46. The predicted octanol–water partition coefficient (Wildman–Crippen LogP) is 4.06. The minimum absolute atomic E-state index is 0.0169. The molecule has 1 fully saturated rings. The van der Waals surface area contributed by atoms with Gasteiger partial charge in [-0.3, -0.25) is 14.7 Å². The van der Waals surface area contributed by atoms with E-state index in [1.54, 1.807) is 18.3 Å². The van der Waals surface area contributed by atoms with Gasteiger partial charge in [0.2, 0.25) is 0 Å². The highest BCUT2D eigenvalue weighted by molar-refractivity contribution is 5.94. The first-order chi connectivity index (χ1) is 16.0. The molecule has 2 N–H and O–H groups in total. The first-order valence-corrected chi connectivity index (χ1v) is 11.3. The van der Waals surface area contributed by atoms with E-state index in [1.807, 2.05) is 37.3 Å². The third-order valence-corrected chi connectivity index (χ3v) is 5.88. The number of hydrogen-bond donors (Lipinski definition) is 2. The summed E-state index contributed by atoms with van der Waals surface area (Å²) in [5.74, 6) is -0.336. The summed E-state index contributed by atoms with van der Waals surface area (Å²) in [6, 6.07) is 14.5. The van der Waals surface area contributed by atoms with Crippen molar-refractivity contribution in [2.75, 3.05) is 37.6 Å². The minimum Gasteiger partial charge on any atom is -0.506 e. The molecule has 0 unspecified atom stereocenters. The second-order valence-corrected chi connectivity index (χ2v) is 8.31. The predicted molar refractivity (Wildman–Crippen MR) is 128 cm³/mol. The summed E-state index contributed by atoms with van der Waals surface area (Å²) >= 11 is 0. The van der Waals surface area contributed by atoms with Crippen molar-refractivity contribution < 1.29 is 14.3 Å². The van der Waals surface area contributed by atoms with Crippen LogP contribution in [-0.4, -0.2) is 53.6 Å². The molecule has 1 amide bonds. The Hall–Kier alpha value is -3.45. The Labute approximate surface area is 193 Å². The van der Waals surface area contributed by atoms with Crippen LogP contribution >= 0.6 is 0 Å². The van der Waals surface area contributed by atoms with E-state index in [1.165, 1.54) is 12.3 Å². The van der Waals surface area contributed by atoms with E-state index in [2.05, 4.69) is 20.1 Å². The fourth-order valence-corrected chi connectivity index (χ4v) is 4.05. The average molecular weight is 449 g/mol. The molecule has 6 nitrogen and oxygen atoms in total. The minimum atomic E-state index is -0.318. The van der Waals surface area contributed by atoms with Gasteiger partial charge in [0.15, 0.2) is 0 Å². The van der Waals surface area contributed by atoms with Crippen molar-refractivity contribution in [2.24, 2.45) is 0 Å². The van der Waals surface area contributed by atoms with E-state index in [-0.39, 0.29) is 17.5 Å². The number of pyridine rings is 1. The fourth-order valence-electron chi connectivity index (χ4n) is 4.05. The number of halogens is 1. The Kier molecular flexibility index (Phi) is 7.19. The SMILES string of the molecule is CCCNC(=O)c1ccc(N2CCN(Cc3ccc(-c4cncc(O)c4)c(F)c3)CC2)cc1. The fraction of sp³-hybridized carbons (Fsp3) is 0.308. The molecule has 0 radical (unpaired) electrons. The highest BCUT2D eigenvalue weighted by Gasteiger charge is 2.18. The summed E-state index contributed by atoms with van der Waals surface area (Å²) in [6.45, 7) is 6.89. The van der Waals surface area contributed by atoms with Crippen LogP contribution in [0, 0.1) is 5.82 Å². The normalized spacial score (nSPS) is 14.3. The van der Waals surface area contributed by atoms with Crippen LogP contribution < -0.4 is 10.2 Å². The smallest absolute Gasteiger partial charge is 0.251 e. The van der Waals surface area contributed by atoms with Gasteiger partial charge in [-0.25, -0.2) is 4.39 Å². The van der Waals surface area contributed by atoms with E-state index in [9.17, 15) is 14.3 Å². The molecule has 0 atom stereocenters. The molecule has 1 aromatic heterocycles. The molecule has 0 bridgehead atoms. The van der Waals surface area contributed by atoms with E-state index >= 15 is 0 Å². The number of rotatable bonds is 7. The number of aromatic hydroxyl groups is 1. The van der Waals surface area contributed by atoms with Crippen molar-refractivity contribution in [1.82, 2.24) is 15.2 Å². The van der Waals surface area contributed by atoms with E-state index in [0.717, 1.165) is 43.9 Å². The van der Waals surface area contributed by atoms with Gasteiger partial charge in [0.1, 0.15) is 11.6 Å². The van der Waals surface area contributed by atoms with Crippen LogP contribution in [0.5, 0.6) is 5.75 Å². The molecule has 2 heterocycles. The Morgan fingerprint density at radius 3 is 2.48 bits per heavy atom. The number of carbonyl (C=O) groups excluding carboxylic acids is 1. The van der Waals surface area contributed by atoms with Crippen LogP contribution in [0.15, 0.2) is 60.9 Å². The van der Waals surface area contributed by atoms with Crippen molar-refractivity contribution in [2.45, 2.75) is 19.9 Å². The maximum absolute atomic E-state index is 14.7. The Morgan fingerprint density at radius 2 is 1.82 bits per heavy atom. The van der Waals surface area contributed by atoms with Crippen molar-refractivity contribution in [3.8, 4) is 16.9 Å². The number of benzene rings is 2. The van der Waals surface area contributed by atoms with Crippen LogP contribution in [0.1, 0.15) is 29.3 Å². The van der Waals surface area contributed by atoms with E-state index in [4.69, 9.17) is 0 Å². The number of anilines is 1. The summed E-state index contributed by atoms with van der Waals surface area (Å²) in [5, 5.41) is 12.5. The monoisotopic (exact) mass is 448 g/mol. The molecule has 1 aliphatic rings. The molecular formula is C26H29FN4O2. The topological polar surface area (TPSA) is 68.7 Å². The molecule has 1 saturated heterocycles. The molecule has 1 aliphatic heterocycles. The lowest BCUT2D eigenvalue weighted by Gasteiger charge is -2.36. The standard InChI is InChI=1S/C26H29FN4O2/c1-2-9-29-26(33)20-4-6-22(7-5-20)31-12-10-30(11-13-31)18-19-3-8-24(25(27)14-19)21-15-23(32)17-28-16-21/h3-8,14-17,32H,2,9-13,18H2,1H3,(H,29,33). The van der Waals surface area contributed by atoms with Crippen LogP contribution in [0.2, 0.25) is 0 Å². The third kappa shape index (κ3) is 5.68. The summed E-state index contributed by atoms with van der Waals surface area (Å²) in [5.41, 5.74) is 3.69. The lowest BCUT2D eigenvalue weighted by molar-refractivity contribution is 0.0953. The number of hydrogen-bond acceptors (Lipinski definition) is 5. The highest BCUT2D eigenvalue weighted by Crippen LogP contribution is 2.26. The summed E-state index contributed by atoms with van der Waals surface area (Å²) in [4.78, 5) is 20.6. The zero-order valence-corrected chi connectivity index (χ0v) is 18.8. The number of amides is 1. The number of nitrogens with zero attached hydrogens (tertiary/aromatic N) is 3. The molecule has 3 aromatic rings. The summed E-state index contributed by atoms with van der Waals surface area (Å²) in [7, 11) is 0. The number of aromatic nitrogens is 1. The van der Waals surface area contributed by atoms with Gasteiger partial charge in [0.05, 0.1) is 6.20 Å². The van der Waals surface area contributed by atoms with Crippen molar-refractivity contribution in [3.63, 3.8) is 0 Å². The molecule has 0 spiro atoms. The molecule has 172 valence electrons. The maximum Gasteiger partial charge on any atom is 0.251 e. The van der Waals surface area contributed by atoms with Crippen LogP contribution in [-0.2, 0) is 6.54 Å². The van der Waals surface area contributed by atoms with Gasteiger partial charge in [0.25, 0.3) is 5.91 Å². The van der Waals surface area contributed by atoms with Crippen LogP contribution in [0.4, 0.5) is 10.1 Å². The quantitative estimate of drug-likeness (QED) is 0.571. The van der Waals surface area contributed by atoms with Gasteiger partial charge in [-0.2, -0.15) is 0 Å². The van der Waals surface area contributed by atoms with Crippen LogP contribution in [0.25, 0.3) is 11.1 Å². The van der Waals surface area contributed by atoms with Gasteiger partial charge >= 0.3 is 0 Å². The van der Waals surface area contributed by atoms with Crippen molar-refractivity contribution in [1.29, 1.82) is 0 Å². The Balaban J connectivity index is 1.32. The zero-order chi connectivity index (χ0) is 23.2. The second-order valence-electron chi connectivity index (χ2n) is 8.31. The largest absolute Gasteiger partial charge is 0.506 e. The van der Waals surface area contributed by atoms with E-state index < -0.39 is 0 Å². The Bertz CT molecular complexity index is 1100. The first-order valence-electron chi connectivity index (χ1n) is 11.3. The molecule has 4 rings (SSSR count). The van der Waals surface area contributed by atoms with Crippen LogP contribution in [0.3, 0.4) is 0 Å². The highest BCUT2D eigenvalue weighted by atomic mass is 19.1. The number of carbonyl (C=O) groups is 1. The molecule has 2 aromatic carbocycles. The number of nitrogens with one attached hydrogen (secondary N) is 1. The second kappa shape index (κ2) is 10.4. The van der Waals surface area contributed by atoms with Gasteiger partial charge in [0, 0.05) is 67.8 Å².